The summed E-state index contributed by atoms with van der Waals surface area (Å²) in [6.07, 6.45) is -0.725. The van der Waals surface area contributed by atoms with Gasteiger partial charge in [-0.1, -0.05) is 6.07 Å². The summed E-state index contributed by atoms with van der Waals surface area (Å²) >= 11 is 0. The number of amides is 2. The molecule has 0 saturated heterocycles. The van der Waals surface area contributed by atoms with E-state index in [-0.39, 0.29) is 6.54 Å². The smallest absolute Gasteiger partial charge is 0.313 e. The van der Waals surface area contributed by atoms with Gasteiger partial charge in [0.2, 0.25) is 0 Å². The van der Waals surface area contributed by atoms with E-state index in [0.29, 0.717) is 0 Å². The monoisotopic (exact) mass is 288 g/mol. The fraction of sp³-hybridized carbons (Fsp3) is 0.333. The fourth-order valence-electron chi connectivity index (χ4n) is 1.31. The van der Waals surface area contributed by atoms with Crippen molar-refractivity contribution in [3.05, 3.63) is 29.8 Å². The van der Waals surface area contributed by atoms with Gasteiger partial charge in [0.05, 0.1) is 6.54 Å². The summed E-state index contributed by atoms with van der Waals surface area (Å²) in [7, 11) is 2.71. The molecule has 1 aromatic carbocycles. The van der Waals surface area contributed by atoms with Crippen molar-refractivity contribution in [3.63, 3.8) is 0 Å². The Kier molecular flexibility index (Phi) is 6.01. The van der Waals surface area contributed by atoms with Crippen molar-refractivity contribution in [2.24, 2.45) is 0 Å². The maximum atomic E-state index is 13.3. The van der Waals surface area contributed by atoms with Crippen LogP contribution in [0, 0.1) is 11.6 Å². The topological polar surface area (TPSA) is 76.7 Å². The number of rotatable bonds is 5. The van der Waals surface area contributed by atoms with Crippen molar-refractivity contribution < 1.29 is 27.8 Å². The molecule has 0 unspecified atom stereocenters. The van der Waals surface area contributed by atoms with E-state index < -0.39 is 35.4 Å². The first-order valence-corrected chi connectivity index (χ1v) is 5.58. The highest BCUT2D eigenvalue weighted by Gasteiger charge is 2.19. The normalized spacial score (nSPS) is 10.4. The standard InChI is InChI=1S/C12H14F2N2O4/c1-19-9(20-2)6-15-11(17)12(18)16-10-7(13)4-3-5-8(10)14/h3-5,9H,6H2,1-2H3,(H,15,17)(H,16,18). The predicted octanol–water partition coefficient (Wildman–Crippen LogP) is 0.638. The maximum Gasteiger partial charge on any atom is 0.313 e. The molecule has 110 valence electrons. The first-order valence-electron chi connectivity index (χ1n) is 5.58. The van der Waals surface area contributed by atoms with Gasteiger partial charge in [-0.25, -0.2) is 8.78 Å². The van der Waals surface area contributed by atoms with Crippen molar-refractivity contribution >= 4 is 17.5 Å². The highest BCUT2D eigenvalue weighted by atomic mass is 19.1. The van der Waals surface area contributed by atoms with Crippen LogP contribution in [0.5, 0.6) is 0 Å². The van der Waals surface area contributed by atoms with Crippen molar-refractivity contribution in [1.29, 1.82) is 0 Å². The van der Waals surface area contributed by atoms with Crippen LogP contribution in [-0.4, -0.2) is 38.9 Å². The molecule has 0 aromatic heterocycles. The molecule has 1 rings (SSSR count). The summed E-state index contributed by atoms with van der Waals surface area (Å²) in [6, 6.07) is 3.06. The lowest BCUT2D eigenvalue weighted by molar-refractivity contribution is -0.139. The zero-order valence-corrected chi connectivity index (χ0v) is 10.9. The van der Waals surface area contributed by atoms with Gasteiger partial charge in [-0.3, -0.25) is 9.59 Å². The van der Waals surface area contributed by atoms with Gasteiger partial charge in [0.1, 0.15) is 17.3 Å². The molecule has 0 radical (unpaired) electrons. The van der Waals surface area contributed by atoms with Crippen LogP contribution in [0.2, 0.25) is 0 Å². The molecule has 0 fully saturated rings. The summed E-state index contributed by atoms with van der Waals surface area (Å²) in [5.74, 6) is -4.21. The minimum atomic E-state index is -1.19. The molecule has 0 aliphatic rings. The van der Waals surface area contributed by atoms with Crippen LogP contribution in [0.3, 0.4) is 0 Å². The van der Waals surface area contributed by atoms with E-state index in [1.54, 1.807) is 0 Å². The molecule has 8 heteroatoms. The van der Waals surface area contributed by atoms with Gasteiger partial charge >= 0.3 is 11.8 Å². The summed E-state index contributed by atoms with van der Waals surface area (Å²) in [5.41, 5.74) is -0.678. The predicted molar refractivity (Wildman–Crippen MR) is 65.8 cm³/mol. The lowest BCUT2D eigenvalue weighted by Crippen LogP contribution is -2.40. The molecule has 0 aliphatic carbocycles. The first kappa shape index (κ1) is 16.0. The van der Waals surface area contributed by atoms with Gasteiger partial charge in [-0.2, -0.15) is 0 Å². The number of nitrogens with one attached hydrogen (secondary N) is 2. The van der Waals surface area contributed by atoms with Gasteiger partial charge in [-0.05, 0) is 12.1 Å². The zero-order chi connectivity index (χ0) is 15.1. The summed E-state index contributed by atoms with van der Waals surface area (Å²) in [5, 5.41) is 4.05. The number of para-hydroxylation sites is 1. The molecule has 20 heavy (non-hydrogen) atoms. The third-order valence-corrected chi connectivity index (χ3v) is 2.36. The van der Waals surface area contributed by atoms with Crippen molar-refractivity contribution in [1.82, 2.24) is 5.32 Å². The van der Waals surface area contributed by atoms with Gasteiger partial charge in [-0.15, -0.1) is 0 Å². The van der Waals surface area contributed by atoms with E-state index in [2.05, 4.69) is 5.32 Å². The lowest BCUT2D eigenvalue weighted by atomic mass is 10.3. The second-order valence-electron chi connectivity index (χ2n) is 3.66. The number of hydrogen-bond acceptors (Lipinski definition) is 4. The number of hydrogen-bond donors (Lipinski definition) is 2. The van der Waals surface area contributed by atoms with Gasteiger partial charge in [0, 0.05) is 14.2 Å². The van der Waals surface area contributed by atoms with Gasteiger partial charge < -0.3 is 20.1 Å². The van der Waals surface area contributed by atoms with E-state index in [0.717, 1.165) is 18.2 Å². The van der Waals surface area contributed by atoms with Crippen LogP contribution >= 0.6 is 0 Å². The van der Waals surface area contributed by atoms with Crippen molar-refractivity contribution in [3.8, 4) is 0 Å². The summed E-state index contributed by atoms with van der Waals surface area (Å²) < 4.78 is 36.1. The van der Waals surface area contributed by atoms with Gasteiger partial charge in [0.15, 0.2) is 6.29 Å². The Morgan fingerprint density at radius 2 is 1.70 bits per heavy atom. The Morgan fingerprint density at radius 3 is 2.20 bits per heavy atom. The Bertz CT molecular complexity index is 472. The number of ether oxygens (including phenoxy) is 2. The highest BCUT2D eigenvalue weighted by Crippen LogP contribution is 2.17. The van der Waals surface area contributed by atoms with E-state index in [1.165, 1.54) is 14.2 Å². The van der Waals surface area contributed by atoms with E-state index >= 15 is 0 Å². The van der Waals surface area contributed by atoms with E-state index in [4.69, 9.17) is 9.47 Å². The number of anilines is 1. The molecule has 0 aliphatic heterocycles. The van der Waals surface area contributed by atoms with Crippen LogP contribution in [0.1, 0.15) is 0 Å². The fourth-order valence-corrected chi connectivity index (χ4v) is 1.31. The minimum Gasteiger partial charge on any atom is -0.354 e. The molecule has 0 heterocycles. The molecule has 2 N–H and O–H groups in total. The molecule has 6 nitrogen and oxygen atoms in total. The highest BCUT2D eigenvalue weighted by molar-refractivity contribution is 6.39. The zero-order valence-electron chi connectivity index (χ0n) is 10.9. The molecular formula is C12H14F2N2O4. The lowest BCUT2D eigenvalue weighted by Gasteiger charge is -2.14. The molecule has 0 saturated carbocycles. The van der Waals surface area contributed by atoms with Crippen LogP contribution in [0.4, 0.5) is 14.5 Å². The molecular weight excluding hydrogens is 274 g/mol. The number of methoxy groups -OCH3 is 2. The first-order chi connectivity index (χ1) is 9.49. The van der Waals surface area contributed by atoms with Crippen LogP contribution in [-0.2, 0) is 19.1 Å². The van der Waals surface area contributed by atoms with Crippen molar-refractivity contribution in [2.45, 2.75) is 6.29 Å². The number of benzene rings is 1. The average Bonchev–Trinajstić information content (AvgIpc) is 2.43. The Labute approximate surface area is 114 Å². The van der Waals surface area contributed by atoms with Crippen LogP contribution in [0.15, 0.2) is 18.2 Å². The van der Waals surface area contributed by atoms with Crippen LogP contribution in [0.25, 0.3) is 0 Å². The molecule has 0 spiro atoms. The minimum absolute atomic E-state index is 0.0843. The van der Waals surface area contributed by atoms with E-state index in [9.17, 15) is 18.4 Å². The number of carbonyl (C=O) groups is 2. The summed E-state index contributed by atoms with van der Waals surface area (Å²) in [4.78, 5) is 22.9. The van der Waals surface area contributed by atoms with Crippen molar-refractivity contribution in [2.75, 3.05) is 26.1 Å². The molecule has 1 aromatic rings. The molecule has 0 atom stereocenters. The third-order valence-electron chi connectivity index (χ3n) is 2.36. The summed E-state index contributed by atoms with van der Waals surface area (Å²) in [6.45, 7) is -0.0843. The SMILES string of the molecule is COC(CNC(=O)C(=O)Nc1c(F)cccc1F)OC. The Balaban J connectivity index is 2.60. The number of carbonyl (C=O) groups excluding carboxylic acids is 2. The second kappa shape index (κ2) is 7.51. The molecule has 0 bridgehead atoms. The molecule has 2 amide bonds. The Morgan fingerprint density at radius 1 is 1.15 bits per heavy atom. The second-order valence-corrected chi connectivity index (χ2v) is 3.66. The van der Waals surface area contributed by atoms with Gasteiger partial charge in [0.25, 0.3) is 0 Å². The average molecular weight is 288 g/mol. The largest absolute Gasteiger partial charge is 0.354 e. The van der Waals surface area contributed by atoms with Crippen LogP contribution < -0.4 is 10.6 Å². The number of halogens is 2. The quantitative estimate of drug-likeness (QED) is 0.616. The Hall–Kier alpha value is -2.06. The maximum absolute atomic E-state index is 13.3. The third kappa shape index (κ3) is 4.25. The van der Waals surface area contributed by atoms with E-state index in [1.807, 2.05) is 5.32 Å².